The second-order valence-electron chi connectivity index (χ2n) is 11.3. The minimum Gasteiger partial charge on any atom is -0.497 e. The van der Waals surface area contributed by atoms with Crippen molar-refractivity contribution < 1.29 is 27.4 Å². The lowest BCUT2D eigenvalue weighted by atomic mass is 9.86. The molecule has 1 aliphatic heterocycles. The molecule has 0 spiro atoms. The van der Waals surface area contributed by atoms with Crippen LogP contribution in [0.1, 0.15) is 47.6 Å². The van der Waals surface area contributed by atoms with Gasteiger partial charge in [0, 0.05) is 32.7 Å². The van der Waals surface area contributed by atoms with Crippen molar-refractivity contribution in [2.24, 2.45) is 5.92 Å². The predicted molar refractivity (Wildman–Crippen MR) is 160 cm³/mol. The van der Waals surface area contributed by atoms with Crippen LogP contribution in [0.2, 0.25) is 0 Å². The second-order valence-corrected chi connectivity index (χ2v) is 11.3. The molecule has 1 aliphatic carbocycles. The van der Waals surface area contributed by atoms with Gasteiger partial charge in [-0.25, -0.2) is 13.8 Å². The van der Waals surface area contributed by atoms with Crippen LogP contribution in [0.5, 0.6) is 11.5 Å². The van der Waals surface area contributed by atoms with Crippen LogP contribution in [0.15, 0.2) is 48.7 Å². The Labute approximate surface area is 253 Å². The Morgan fingerprint density at radius 1 is 1.00 bits per heavy atom. The summed E-state index contributed by atoms with van der Waals surface area (Å²) in [7, 11) is 1.52. The maximum Gasteiger partial charge on any atom is 0.254 e. The van der Waals surface area contributed by atoms with E-state index in [0.717, 1.165) is 68.7 Å². The number of hydrogen-bond acceptors (Lipinski definition) is 7. The maximum atomic E-state index is 14.8. The third kappa shape index (κ3) is 6.45. The summed E-state index contributed by atoms with van der Waals surface area (Å²) in [6, 6.07) is 11.6. The van der Waals surface area contributed by atoms with E-state index in [-0.39, 0.29) is 25.1 Å². The Kier molecular flexibility index (Phi) is 8.87. The van der Waals surface area contributed by atoms with Crippen LogP contribution in [-0.2, 0) is 6.61 Å². The van der Waals surface area contributed by atoms with Gasteiger partial charge in [0.05, 0.1) is 24.9 Å². The van der Waals surface area contributed by atoms with Gasteiger partial charge in [0.15, 0.2) is 17.4 Å². The average molecular weight is 609 g/mol. The Bertz CT molecular complexity index is 1620. The smallest absolute Gasteiger partial charge is 0.254 e. The molecule has 12 heteroatoms. The number of pyridine rings is 1. The molecule has 9 nitrogen and oxygen atoms in total. The van der Waals surface area contributed by atoms with Crippen LogP contribution in [0.25, 0.3) is 11.0 Å². The number of amides is 1. The summed E-state index contributed by atoms with van der Waals surface area (Å²) in [6.07, 6.45) is 5.37. The topological polar surface area (TPSA) is 93.5 Å². The number of carbonyl (C=O) groups excluding carboxylic acids is 1. The summed E-state index contributed by atoms with van der Waals surface area (Å²) in [4.78, 5) is 19.8. The number of rotatable bonds is 9. The summed E-state index contributed by atoms with van der Waals surface area (Å²) in [6.45, 7) is 3.83. The quantitative estimate of drug-likeness (QED) is 0.258. The Morgan fingerprint density at radius 3 is 2.48 bits per heavy atom. The van der Waals surface area contributed by atoms with E-state index in [1.165, 1.54) is 7.11 Å². The number of methoxy groups -OCH3 is 1. The van der Waals surface area contributed by atoms with Crippen molar-refractivity contribution in [2.45, 2.75) is 38.3 Å². The maximum absolute atomic E-state index is 14.8. The molecule has 2 aromatic heterocycles. The van der Waals surface area contributed by atoms with Crippen LogP contribution in [0, 0.1) is 23.4 Å². The van der Waals surface area contributed by atoms with E-state index >= 15 is 0 Å². The molecule has 0 bridgehead atoms. The Hall–Kier alpha value is -4.32. The number of hydrogen-bond donors (Lipinski definition) is 2. The highest BCUT2D eigenvalue weighted by Crippen LogP contribution is 2.33. The zero-order chi connectivity index (χ0) is 30.6. The molecule has 0 radical (unpaired) electrons. The van der Waals surface area contributed by atoms with Gasteiger partial charge in [-0.3, -0.25) is 9.48 Å². The molecule has 2 aliphatic rings. The molecule has 232 valence electrons. The molecule has 1 saturated heterocycles. The minimum atomic E-state index is -1.54. The van der Waals surface area contributed by atoms with Gasteiger partial charge in [-0.15, -0.1) is 0 Å². The zero-order valence-electron chi connectivity index (χ0n) is 24.5. The van der Waals surface area contributed by atoms with E-state index in [0.29, 0.717) is 17.4 Å². The number of halogens is 3. The first-order valence-corrected chi connectivity index (χ1v) is 14.9. The van der Waals surface area contributed by atoms with Crippen LogP contribution < -0.4 is 25.0 Å². The van der Waals surface area contributed by atoms with E-state index in [4.69, 9.17) is 19.6 Å². The third-order valence-corrected chi connectivity index (χ3v) is 8.45. The molecule has 2 N–H and O–H groups in total. The number of piperazine rings is 1. The molecule has 1 saturated carbocycles. The molecule has 3 heterocycles. The molecule has 4 aromatic rings. The van der Waals surface area contributed by atoms with Gasteiger partial charge in [0.1, 0.15) is 29.2 Å². The highest BCUT2D eigenvalue weighted by Gasteiger charge is 2.27. The largest absolute Gasteiger partial charge is 0.497 e. The normalized spacial score (nSPS) is 18.8. The monoisotopic (exact) mass is 608 g/mol. The van der Waals surface area contributed by atoms with Crippen molar-refractivity contribution in [3.63, 3.8) is 0 Å². The Balaban J connectivity index is 1.02. The number of anilines is 1. The lowest BCUT2D eigenvalue weighted by Crippen LogP contribution is -2.43. The van der Waals surface area contributed by atoms with E-state index < -0.39 is 34.7 Å². The van der Waals surface area contributed by atoms with Crippen LogP contribution in [0.4, 0.5) is 19.0 Å². The van der Waals surface area contributed by atoms with Gasteiger partial charge in [-0.05, 0) is 67.5 Å². The molecule has 1 amide bonds. The first-order chi connectivity index (χ1) is 21.4. The molecule has 44 heavy (non-hydrogen) atoms. The average Bonchev–Trinajstić information content (AvgIpc) is 3.50. The molecule has 2 fully saturated rings. The van der Waals surface area contributed by atoms with E-state index in [9.17, 15) is 18.0 Å². The van der Waals surface area contributed by atoms with Crippen LogP contribution in [0.3, 0.4) is 0 Å². The molecule has 6 rings (SSSR count). The lowest BCUT2D eigenvalue weighted by molar-refractivity contribution is 0.0935. The van der Waals surface area contributed by atoms with Crippen molar-refractivity contribution in [1.82, 2.24) is 25.4 Å². The molecule has 0 unspecified atom stereocenters. The number of nitrogens with one attached hydrogen (secondary N) is 2. The van der Waals surface area contributed by atoms with Crippen molar-refractivity contribution in [3.05, 3.63) is 77.2 Å². The van der Waals surface area contributed by atoms with Gasteiger partial charge >= 0.3 is 0 Å². The number of benzene rings is 2. The highest BCUT2D eigenvalue weighted by molar-refractivity contribution is 5.94. The summed E-state index contributed by atoms with van der Waals surface area (Å²) in [5.41, 5.74) is 1.64. The molecule has 0 atom stereocenters. The summed E-state index contributed by atoms with van der Waals surface area (Å²) in [5.74, 6) is -4.13. The van der Waals surface area contributed by atoms with Crippen molar-refractivity contribution in [2.75, 3.05) is 44.7 Å². The van der Waals surface area contributed by atoms with Crippen molar-refractivity contribution in [3.8, 4) is 11.5 Å². The van der Waals surface area contributed by atoms with Gasteiger partial charge in [-0.2, -0.15) is 9.49 Å². The summed E-state index contributed by atoms with van der Waals surface area (Å²) < 4.78 is 56.6. The van der Waals surface area contributed by atoms with E-state index in [1.54, 1.807) is 24.3 Å². The van der Waals surface area contributed by atoms with Gasteiger partial charge < -0.3 is 25.0 Å². The SMILES string of the molecule is COc1ccc(COc2c(F)cc(C(=O)NCC3CCC(n4cc5nc(N6CCNCC6)ccc5n4)CC3)c(F)c2F)cc1. The number of nitrogens with zero attached hydrogens (tertiary/aromatic N) is 4. The fraction of sp³-hybridized carbons (Fsp3) is 0.406. The zero-order valence-corrected chi connectivity index (χ0v) is 24.5. The predicted octanol–water partition coefficient (Wildman–Crippen LogP) is 5.01. The number of aromatic nitrogens is 3. The van der Waals surface area contributed by atoms with Gasteiger partial charge in [0.25, 0.3) is 5.91 Å². The van der Waals surface area contributed by atoms with Crippen molar-refractivity contribution >= 4 is 22.8 Å². The van der Waals surface area contributed by atoms with E-state index in [1.807, 2.05) is 23.0 Å². The third-order valence-electron chi connectivity index (χ3n) is 8.45. The second kappa shape index (κ2) is 13.1. The standard InChI is InChI=1S/C32H35F3N6O3/c1-43-23-8-4-21(5-9-23)19-44-31-25(33)16-24(29(34)30(31)35)32(42)37-17-20-2-6-22(7-3-20)41-18-27-26(39-41)10-11-28(38-27)40-14-12-36-13-15-40/h4-5,8-11,16,18,20,22,36H,2-3,6-7,12-15,17,19H2,1H3,(H,37,42). The highest BCUT2D eigenvalue weighted by atomic mass is 19.2. The fourth-order valence-corrected chi connectivity index (χ4v) is 5.87. The molecular weight excluding hydrogens is 573 g/mol. The van der Waals surface area contributed by atoms with Crippen LogP contribution in [-0.4, -0.2) is 60.5 Å². The summed E-state index contributed by atoms with van der Waals surface area (Å²) >= 11 is 0. The molecular formula is C32H35F3N6O3. The minimum absolute atomic E-state index is 0.155. The number of ether oxygens (including phenoxy) is 2. The Morgan fingerprint density at radius 2 is 1.75 bits per heavy atom. The summed E-state index contributed by atoms with van der Waals surface area (Å²) in [5, 5.41) is 10.8. The number of carbonyl (C=O) groups is 1. The lowest BCUT2D eigenvalue weighted by Gasteiger charge is -2.28. The number of fused-ring (bicyclic) bond motifs is 1. The first kappa shape index (κ1) is 29.7. The fourth-order valence-electron chi connectivity index (χ4n) is 5.87. The van der Waals surface area contributed by atoms with Crippen LogP contribution >= 0.6 is 0 Å². The first-order valence-electron chi connectivity index (χ1n) is 14.9. The van der Waals surface area contributed by atoms with Gasteiger partial charge in [-0.1, -0.05) is 12.1 Å². The van der Waals surface area contributed by atoms with E-state index in [2.05, 4.69) is 15.5 Å². The molecule has 2 aromatic carbocycles. The van der Waals surface area contributed by atoms with Crippen molar-refractivity contribution in [1.29, 1.82) is 0 Å². The van der Waals surface area contributed by atoms with Gasteiger partial charge in [0.2, 0.25) is 5.82 Å².